The summed E-state index contributed by atoms with van der Waals surface area (Å²) in [4.78, 5) is 0. The predicted octanol–water partition coefficient (Wildman–Crippen LogP) is 2.62. The van der Waals surface area contributed by atoms with Gasteiger partial charge in [-0.05, 0) is 19.4 Å². The summed E-state index contributed by atoms with van der Waals surface area (Å²) < 4.78 is 41.9. The Hall–Kier alpha value is -2.72. The molecule has 0 saturated carbocycles. The van der Waals surface area contributed by atoms with Crippen LogP contribution in [0.4, 0.5) is 19.0 Å². The van der Waals surface area contributed by atoms with Gasteiger partial charge in [0.15, 0.2) is 17.3 Å². The summed E-state index contributed by atoms with van der Waals surface area (Å²) in [7, 11) is 1.85. The normalized spacial score (nSPS) is 12.3. The van der Waals surface area contributed by atoms with E-state index in [0.717, 1.165) is 10.3 Å². The van der Waals surface area contributed by atoms with Crippen LogP contribution in [0, 0.1) is 13.8 Å². The standard InChI is InChI=1S/C15H19F3N8/c1-7(2)12-21-20-10(25(12)5)6-19-11-8(3)9(4)13-22-23-14(15(16,17)18)26(13)24-11/h7H,6H2,1-5H3,(H,19,24). The van der Waals surface area contributed by atoms with Crippen LogP contribution in [0.3, 0.4) is 0 Å². The number of fused-ring (bicyclic) bond motifs is 1. The first-order valence-electron chi connectivity index (χ1n) is 8.03. The third-order valence-electron chi connectivity index (χ3n) is 4.28. The first-order valence-corrected chi connectivity index (χ1v) is 8.03. The Morgan fingerprint density at radius 2 is 1.73 bits per heavy atom. The molecule has 3 aromatic heterocycles. The summed E-state index contributed by atoms with van der Waals surface area (Å²) in [6, 6.07) is 0. The smallest absolute Gasteiger partial charge is 0.361 e. The molecule has 3 aromatic rings. The topological polar surface area (TPSA) is 85.8 Å². The number of aryl methyl sites for hydroxylation is 1. The second kappa shape index (κ2) is 6.22. The van der Waals surface area contributed by atoms with Crippen LogP contribution in [-0.4, -0.2) is 34.6 Å². The molecule has 0 aliphatic heterocycles. The fourth-order valence-electron chi connectivity index (χ4n) is 2.67. The van der Waals surface area contributed by atoms with Crippen molar-refractivity contribution in [3.8, 4) is 0 Å². The van der Waals surface area contributed by atoms with Crippen LogP contribution in [-0.2, 0) is 19.8 Å². The van der Waals surface area contributed by atoms with E-state index in [2.05, 4.69) is 30.8 Å². The minimum absolute atomic E-state index is 0.0844. The van der Waals surface area contributed by atoms with Crippen molar-refractivity contribution in [2.75, 3.05) is 5.32 Å². The van der Waals surface area contributed by atoms with Gasteiger partial charge in [-0.25, -0.2) is 0 Å². The summed E-state index contributed by atoms with van der Waals surface area (Å²) in [5.41, 5.74) is 1.36. The van der Waals surface area contributed by atoms with E-state index in [0.29, 0.717) is 22.8 Å². The van der Waals surface area contributed by atoms with Crippen molar-refractivity contribution in [1.82, 2.24) is 34.6 Å². The fraction of sp³-hybridized carbons (Fsp3) is 0.533. The summed E-state index contributed by atoms with van der Waals surface area (Å²) in [5.74, 6) is 0.864. The van der Waals surface area contributed by atoms with Crippen molar-refractivity contribution in [1.29, 1.82) is 0 Å². The average Bonchev–Trinajstić information content (AvgIpc) is 3.13. The number of nitrogens with zero attached hydrogens (tertiary/aromatic N) is 7. The van der Waals surface area contributed by atoms with Crippen LogP contribution in [0.15, 0.2) is 0 Å². The van der Waals surface area contributed by atoms with E-state index in [1.165, 1.54) is 0 Å². The van der Waals surface area contributed by atoms with E-state index in [-0.39, 0.29) is 18.1 Å². The summed E-state index contributed by atoms with van der Waals surface area (Å²) >= 11 is 0. The Bertz CT molecular complexity index is 954. The molecule has 140 valence electrons. The summed E-state index contributed by atoms with van der Waals surface area (Å²) in [6.07, 6.45) is -4.64. The van der Waals surface area contributed by atoms with Crippen LogP contribution in [0.25, 0.3) is 5.65 Å². The van der Waals surface area contributed by atoms with Gasteiger partial charge in [0.1, 0.15) is 5.82 Å². The number of hydrogen-bond acceptors (Lipinski definition) is 6. The minimum atomic E-state index is -4.64. The molecule has 26 heavy (non-hydrogen) atoms. The molecular weight excluding hydrogens is 349 g/mol. The van der Waals surface area contributed by atoms with Gasteiger partial charge in [0.05, 0.1) is 6.54 Å². The minimum Gasteiger partial charge on any atom is -0.361 e. The van der Waals surface area contributed by atoms with Crippen LogP contribution >= 0.6 is 0 Å². The summed E-state index contributed by atoms with van der Waals surface area (Å²) in [5, 5.41) is 22.2. The highest BCUT2D eigenvalue weighted by atomic mass is 19.4. The molecule has 0 amide bonds. The van der Waals surface area contributed by atoms with E-state index >= 15 is 0 Å². The van der Waals surface area contributed by atoms with Crippen LogP contribution in [0.2, 0.25) is 0 Å². The molecule has 1 N–H and O–H groups in total. The van der Waals surface area contributed by atoms with Crippen molar-refractivity contribution in [2.45, 2.75) is 46.3 Å². The van der Waals surface area contributed by atoms with Gasteiger partial charge in [0.2, 0.25) is 0 Å². The van der Waals surface area contributed by atoms with Gasteiger partial charge >= 0.3 is 6.18 Å². The fourth-order valence-corrected chi connectivity index (χ4v) is 2.67. The maximum absolute atomic E-state index is 13.1. The van der Waals surface area contributed by atoms with Crippen LogP contribution in [0.1, 0.15) is 48.4 Å². The lowest BCUT2D eigenvalue weighted by molar-refractivity contribution is -0.146. The number of alkyl halides is 3. The van der Waals surface area contributed by atoms with E-state index in [9.17, 15) is 13.2 Å². The molecule has 3 rings (SSSR count). The first kappa shape index (κ1) is 18.1. The molecule has 3 heterocycles. The number of nitrogens with one attached hydrogen (secondary N) is 1. The second-order valence-electron chi connectivity index (χ2n) is 6.40. The first-order chi connectivity index (χ1) is 12.1. The molecule has 11 heteroatoms. The molecule has 0 fully saturated rings. The summed E-state index contributed by atoms with van der Waals surface area (Å²) in [6.45, 7) is 7.75. The van der Waals surface area contributed by atoms with Crippen LogP contribution in [0.5, 0.6) is 0 Å². The number of aromatic nitrogens is 7. The van der Waals surface area contributed by atoms with Gasteiger partial charge in [0.25, 0.3) is 5.82 Å². The molecule has 0 saturated heterocycles. The van der Waals surface area contributed by atoms with Crippen LogP contribution < -0.4 is 5.32 Å². The lowest BCUT2D eigenvalue weighted by Crippen LogP contribution is -2.16. The maximum atomic E-state index is 13.1. The van der Waals surface area contributed by atoms with Gasteiger partial charge < -0.3 is 9.88 Å². The molecular formula is C15H19F3N8. The van der Waals surface area contributed by atoms with Crippen molar-refractivity contribution in [3.63, 3.8) is 0 Å². The van der Waals surface area contributed by atoms with Crippen molar-refractivity contribution in [3.05, 3.63) is 28.6 Å². The Kier molecular flexibility index (Phi) is 4.32. The van der Waals surface area contributed by atoms with Crippen molar-refractivity contribution >= 4 is 11.5 Å². The predicted molar refractivity (Wildman–Crippen MR) is 87.7 cm³/mol. The third kappa shape index (κ3) is 2.97. The molecule has 0 aliphatic carbocycles. The van der Waals surface area contributed by atoms with E-state index in [1.807, 2.05) is 25.5 Å². The third-order valence-corrected chi connectivity index (χ3v) is 4.28. The Labute approximate surface area is 147 Å². The Morgan fingerprint density at radius 3 is 2.31 bits per heavy atom. The van der Waals surface area contributed by atoms with Gasteiger partial charge in [-0.3, -0.25) is 0 Å². The molecule has 8 nitrogen and oxygen atoms in total. The zero-order valence-electron chi connectivity index (χ0n) is 15.0. The Balaban J connectivity index is 1.96. The number of hydrogen-bond donors (Lipinski definition) is 1. The average molecular weight is 368 g/mol. The SMILES string of the molecule is Cc1c(NCc2nnc(C(C)C)n2C)nn2c(C(F)(F)F)nnc2c1C. The lowest BCUT2D eigenvalue weighted by atomic mass is 10.2. The highest BCUT2D eigenvalue weighted by molar-refractivity contribution is 5.58. The number of anilines is 1. The Morgan fingerprint density at radius 1 is 1.04 bits per heavy atom. The van der Waals surface area contributed by atoms with E-state index < -0.39 is 12.0 Å². The largest absolute Gasteiger partial charge is 0.453 e. The van der Waals surface area contributed by atoms with E-state index in [4.69, 9.17) is 0 Å². The van der Waals surface area contributed by atoms with Crippen molar-refractivity contribution < 1.29 is 13.2 Å². The zero-order chi connectivity index (χ0) is 19.2. The zero-order valence-corrected chi connectivity index (χ0v) is 15.0. The van der Waals surface area contributed by atoms with Gasteiger partial charge in [-0.15, -0.1) is 25.5 Å². The highest BCUT2D eigenvalue weighted by Crippen LogP contribution is 2.29. The highest BCUT2D eigenvalue weighted by Gasteiger charge is 2.38. The van der Waals surface area contributed by atoms with Gasteiger partial charge in [-0.2, -0.15) is 17.7 Å². The van der Waals surface area contributed by atoms with E-state index in [1.54, 1.807) is 13.8 Å². The monoisotopic (exact) mass is 368 g/mol. The molecule has 0 aliphatic rings. The van der Waals surface area contributed by atoms with Gasteiger partial charge in [-0.1, -0.05) is 13.8 Å². The molecule has 0 bridgehead atoms. The number of rotatable bonds is 4. The molecule has 0 aromatic carbocycles. The molecule has 0 spiro atoms. The van der Waals surface area contributed by atoms with Gasteiger partial charge in [0, 0.05) is 18.5 Å². The van der Waals surface area contributed by atoms with Crippen molar-refractivity contribution in [2.24, 2.45) is 7.05 Å². The molecule has 0 unspecified atom stereocenters. The second-order valence-corrected chi connectivity index (χ2v) is 6.40. The number of halogens is 3. The molecule has 0 radical (unpaired) electrons. The lowest BCUT2D eigenvalue weighted by Gasteiger charge is -2.12. The quantitative estimate of drug-likeness (QED) is 0.762. The molecule has 0 atom stereocenters. The maximum Gasteiger partial charge on any atom is 0.453 e.